The molecule has 3 heterocycles. The Morgan fingerprint density at radius 3 is 3.17 bits per heavy atom. The summed E-state index contributed by atoms with van der Waals surface area (Å²) in [4.78, 5) is 1.20. The third-order valence-electron chi connectivity index (χ3n) is 2.74. The third-order valence-corrected chi connectivity index (χ3v) is 4.66. The third kappa shape index (κ3) is 2.57. The summed E-state index contributed by atoms with van der Waals surface area (Å²) >= 11 is 5.16. The van der Waals surface area contributed by atoms with Crippen molar-refractivity contribution in [1.82, 2.24) is 10.2 Å². The first-order valence-electron chi connectivity index (χ1n) is 5.73. The molecule has 96 valence electrons. The molecule has 0 amide bonds. The monoisotopic (exact) mass is 329 g/mol. The highest BCUT2D eigenvalue weighted by atomic mass is 79.9. The zero-order valence-electron chi connectivity index (χ0n) is 9.56. The van der Waals surface area contributed by atoms with Crippen LogP contribution in [-0.2, 0) is 11.3 Å². The van der Waals surface area contributed by atoms with E-state index >= 15 is 0 Å². The van der Waals surface area contributed by atoms with Gasteiger partial charge in [0.15, 0.2) is 0 Å². The van der Waals surface area contributed by atoms with Crippen LogP contribution in [0, 0.1) is 0 Å². The second-order valence-corrected chi connectivity index (χ2v) is 5.85. The second kappa shape index (κ2) is 5.38. The van der Waals surface area contributed by atoms with E-state index in [1.165, 1.54) is 4.88 Å². The van der Waals surface area contributed by atoms with E-state index in [9.17, 15) is 0 Å². The average Bonchev–Trinajstić information content (AvgIpc) is 3.08. The van der Waals surface area contributed by atoms with Gasteiger partial charge in [-0.15, -0.1) is 16.4 Å². The lowest BCUT2D eigenvalue weighted by atomic mass is 10.2. The minimum absolute atomic E-state index is 0.0264. The molecule has 5 nitrogen and oxygen atoms in total. The van der Waals surface area contributed by atoms with Crippen molar-refractivity contribution >= 4 is 33.3 Å². The molecule has 0 spiro atoms. The van der Waals surface area contributed by atoms with E-state index in [0.29, 0.717) is 18.5 Å². The molecular formula is C11H12BrN3O2S. The topological polar surface area (TPSA) is 60.2 Å². The van der Waals surface area contributed by atoms with Gasteiger partial charge in [0, 0.05) is 16.0 Å². The number of thiophene rings is 1. The van der Waals surface area contributed by atoms with E-state index in [-0.39, 0.29) is 6.10 Å². The Labute approximate surface area is 117 Å². The molecule has 7 heteroatoms. The van der Waals surface area contributed by atoms with E-state index in [2.05, 4.69) is 31.4 Å². The molecule has 2 aromatic rings. The molecule has 1 atom stereocenters. The molecule has 3 rings (SSSR count). The average molecular weight is 330 g/mol. The minimum Gasteiger partial charge on any atom is -0.405 e. The van der Waals surface area contributed by atoms with Gasteiger partial charge in [-0.1, -0.05) is 5.10 Å². The lowest BCUT2D eigenvalue weighted by Gasteiger charge is -2.02. The summed E-state index contributed by atoms with van der Waals surface area (Å²) in [5.41, 5.74) is 0. The highest BCUT2D eigenvalue weighted by molar-refractivity contribution is 9.10. The van der Waals surface area contributed by atoms with Crippen LogP contribution in [-0.4, -0.2) is 16.8 Å². The van der Waals surface area contributed by atoms with Crippen LogP contribution in [0.4, 0.5) is 6.01 Å². The van der Waals surface area contributed by atoms with Crippen LogP contribution in [0.25, 0.3) is 0 Å². The molecule has 2 aromatic heterocycles. The number of halogens is 1. The summed E-state index contributed by atoms with van der Waals surface area (Å²) in [6.45, 7) is 1.45. The molecule has 0 saturated carbocycles. The van der Waals surface area contributed by atoms with Gasteiger partial charge in [-0.3, -0.25) is 0 Å². The number of ether oxygens (including phenoxy) is 1. The number of anilines is 1. The predicted octanol–water partition coefficient (Wildman–Crippen LogP) is 3.36. The van der Waals surface area contributed by atoms with Crippen LogP contribution >= 0.6 is 27.3 Å². The fourth-order valence-electron chi connectivity index (χ4n) is 1.82. The van der Waals surface area contributed by atoms with E-state index in [4.69, 9.17) is 9.15 Å². The van der Waals surface area contributed by atoms with Gasteiger partial charge in [0.2, 0.25) is 5.89 Å². The van der Waals surface area contributed by atoms with Crippen molar-refractivity contribution in [3.63, 3.8) is 0 Å². The molecule has 0 aromatic carbocycles. The number of hydrogen-bond acceptors (Lipinski definition) is 6. The molecule has 1 N–H and O–H groups in total. The Bertz CT molecular complexity index is 522. The number of rotatable bonds is 4. The van der Waals surface area contributed by atoms with Gasteiger partial charge in [0.05, 0.1) is 6.54 Å². The van der Waals surface area contributed by atoms with Crippen LogP contribution < -0.4 is 5.32 Å². The summed E-state index contributed by atoms with van der Waals surface area (Å²) in [5, 5.41) is 13.1. The standard InChI is InChI=1S/C11H12BrN3O2S/c12-7-3-5-18-9(7)6-13-11-15-14-10(17-11)8-2-1-4-16-8/h3,5,8H,1-2,4,6H2,(H,13,15)/t8-/m1/s1. The summed E-state index contributed by atoms with van der Waals surface area (Å²) in [6, 6.07) is 2.47. The first-order valence-corrected chi connectivity index (χ1v) is 7.41. The zero-order chi connectivity index (χ0) is 12.4. The fraction of sp³-hybridized carbons (Fsp3) is 0.455. The Morgan fingerprint density at radius 2 is 2.44 bits per heavy atom. The van der Waals surface area contributed by atoms with E-state index in [1.807, 2.05) is 11.4 Å². The molecule has 0 aliphatic carbocycles. The van der Waals surface area contributed by atoms with Gasteiger partial charge in [0.25, 0.3) is 0 Å². The zero-order valence-corrected chi connectivity index (χ0v) is 12.0. The minimum atomic E-state index is -0.0264. The van der Waals surface area contributed by atoms with Gasteiger partial charge < -0.3 is 14.5 Å². The van der Waals surface area contributed by atoms with Crippen LogP contribution in [0.1, 0.15) is 29.7 Å². The van der Waals surface area contributed by atoms with Crippen LogP contribution in [0.15, 0.2) is 20.3 Å². The molecule has 0 unspecified atom stereocenters. The molecular weight excluding hydrogens is 318 g/mol. The quantitative estimate of drug-likeness (QED) is 0.931. The van der Waals surface area contributed by atoms with Gasteiger partial charge in [-0.05, 0) is 40.2 Å². The molecule has 0 bridgehead atoms. The summed E-state index contributed by atoms with van der Waals surface area (Å²) in [7, 11) is 0. The van der Waals surface area contributed by atoms with Crippen molar-refractivity contribution in [2.45, 2.75) is 25.5 Å². The maximum absolute atomic E-state index is 5.54. The van der Waals surface area contributed by atoms with Gasteiger partial charge in [0.1, 0.15) is 6.10 Å². The number of hydrogen-bond donors (Lipinski definition) is 1. The van der Waals surface area contributed by atoms with Gasteiger partial charge >= 0.3 is 6.01 Å². The first kappa shape index (κ1) is 12.1. The maximum atomic E-state index is 5.54. The van der Waals surface area contributed by atoms with Crippen molar-refractivity contribution in [1.29, 1.82) is 0 Å². The second-order valence-electron chi connectivity index (χ2n) is 3.99. The molecule has 18 heavy (non-hydrogen) atoms. The van der Waals surface area contributed by atoms with Crippen LogP contribution in [0.3, 0.4) is 0 Å². The highest BCUT2D eigenvalue weighted by Crippen LogP contribution is 2.28. The number of nitrogens with zero attached hydrogens (tertiary/aromatic N) is 2. The molecule has 0 radical (unpaired) electrons. The SMILES string of the molecule is Brc1ccsc1CNc1nnc([C@H]2CCCO2)o1. The smallest absolute Gasteiger partial charge is 0.315 e. The first-order chi connectivity index (χ1) is 8.83. The van der Waals surface area contributed by atoms with Gasteiger partial charge in [-0.25, -0.2) is 0 Å². The summed E-state index contributed by atoms with van der Waals surface area (Å²) < 4.78 is 12.1. The molecule has 1 aliphatic heterocycles. The molecule has 1 aliphatic rings. The van der Waals surface area contributed by atoms with Crippen molar-refractivity contribution in [2.24, 2.45) is 0 Å². The van der Waals surface area contributed by atoms with Gasteiger partial charge in [-0.2, -0.15) is 0 Å². The lowest BCUT2D eigenvalue weighted by Crippen LogP contribution is -1.98. The largest absolute Gasteiger partial charge is 0.405 e. The highest BCUT2D eigenvalue weighted by Gasteiger charge is 2.23. The molecule has 1 fully saturated rings. The number of aromatic nitrogens is 2. The van der Waals surface area contributed by atoms with Crippen molar-refractivity contribution in [3.05, 3.63) is 26.7 Å². The lowest BCUT2D eigenvalue weighted by molar-refractivity contribution is 0.0897. The Hall–Kier alpha value is -0.920. The van der Waals surface area contributed by atoms with E-state index in [1.54, 1.807) is 11.3 Å². The summed E-state index contributed by atoms with van der Waals surface area (Å²) in [6.07, 6.45) is 1.98. The Kier molecular flexibility index (Phi) is 3.62. The van der Waals surface area contributed by atoms with Crippen molar-refractivity contribution in [3.8, 4) is 0 Å². The van der Waals surface area contributed by atoms with Crippen molar-refractivity contribution in [2.75, 3.05) is 11.9 Å². The number of nitrogens with one attached hydrogen (secondary N) is 1. The summed E-state index contributed by atoms with van der Waals surface area (Å²) in [5.74, 6) is 0.570. The predicted molar refractivity (Wildman–Crippen MR) is 71.6 cm³/mol. The Morgan fingerprint density at radius 1 is 1.50 bits per heavy atom. The van der Waals surface area contributed by atoms with Crippen LogP contribution in [0.5, 0.6) is 0 Å². The normalized spacial score (nSPS) is 19.3. The van der Waals surface area contributed by atoms with E-state index < -0.39 is 0 Å². The molecule has 1 saturated heterocycles. The Balaban J connectivity index is 1.61. The van der Waals surface area contributed by atoms with E-state index in [0.717, 1.165) is 23.9 Å². The van der Waals surface area contributed by atoms with Crippen LogP contribution in [0.2, 0.25) is 0 Å². The fourth-order valence-corrected chi connectivity index (χ4v) is 3.25. The maximum Gasteiger partial charge on any atom is 0.315 e. The van der Waals surface area contributed by atoms with Crippen molar-refractivity contribution < 1.29 is 9.15 Å².